The van der Waals surface area contributed by atoms with Crippen molar-refractivity contribution < 1.29 is 39.5 Å². The van der Waals surface area contributed by atoms with Gasteiger partial charge in [0.1, 0.15) is 0 Å². The Bertz CT molecular complexity index is 262. The third kappa shape index (κ3) is 2.82. The fourth-order valence-electron chi connectivity index (χ4n) is 0.646. The van der Waals surface area contributed by atoms with E-state index in [0.29, 0.717) is 0 Å². The Kier molecular flexibility index (Phi) is 3.63. The van der Waals surface area contributed by atoms with Crippen LogP contribution in [0.5, 0.6) is 0 Å². The molecule has 0 bridgehead atoms. The summed E-state index contributed by atoms with van der Waals surface area (Å²) in [5, 5.41) is 0. The van der Waals surface area contributed by atoms with Crippen molar-refractivity contribution in [3.63, 3.8) is 0 Å². The number of rotatable bonds is 4. The van der Waals surface area contributed by atoms with Crippen molar-refractivity contribution in [1.29, 1.82) is 0 Å². The predicted octanol–water partition coefficient (Wildman–Crippen LogP) is 4.03. The molecule has 0 amide bonds. The molecule has 0 radical (unpaired) electrons. The van der Waals surface area contributed by atoms with Gasteiger partial charge in [0, 0.05) is 0 Å². The zero-order valence-electron chi connectivity index (χ0n) is 7.39. The summed E-state index contributed by atoms with van der Waals surface area (Å²) >= 11 is 0. The van der Waals surface area contributed by atoms with Crippen LogP contribution in [-0.2, 0) is 0 Å². The van der Waals surface area contributed by atoms with Gasteiger partial charge in [-0.1, -0.05) is 6.58 Å². The lowest BCUT2D eigenvalue weighted by Crippen LogP contribution is -2.48. The summed E-state index contributed by atoms with van der Waals surface area (Å²) in [5.74, 6) is -16.6. The van der Waals surface area contributed by atoms with Crippen LogP contribution in [0.3, 0.4) is 0 Å². The van der Waals surface area contributed by atoms with E-state index in [1.807, 2.05) is 0 Å². The molecule has 0 aliphatic rings. The summed E-state index contributed by atoms with van der Waals surface area (Å²) in [6, 6.07) is 0. The van der Waals surface area contributed by atoms with Crippen LogP contribution in [0.4, 0.5) is 39.5 Å². The van der Waals surface area contributed by atoms with Crippen molar-refractivity contribution in [2.24, 2.45) is 0 Å². The normalized spacial score (nSPS) is 15.1. The van der Waals surface area contributed by atoms with Crippen LogP contribution < -0.4 is 0 Å². The smallest absolute Gasteiger partial charge is 0.199 e. The molecule has 0 heterocycles. The predicted molar refractivity (Wildman–Crippen MR) is 35.7 cm³/mol. The van der Waals surface area contributed by atoms with E-state index in [1.165, 1.54) is 0 Å². The van der Waals surface area contributed by atoms with Crippen molar-refractivity contribution in [1.82, 2.24) is 0 Å². The van der Waals surface area contributed by atoms with E-state index >= 15 is 0 Å². The lowest BCUT2D eigenvalue weighted by atomic mass is 10.0. The lowest BCUT2D eigenvalue weighted by Gasteiger charge is -2.28. The van der Waals surface area contributed by atoms with E-state index in [1.54, 1.807) is 0 Å². The number of allylic oxidation sites excluding steroid dienone is 1. The highest BCUT2D eigenvalue weighted by Crippen LogP contribution is 2.47. The van der Waals surface area contributed by atoms with E-state index in [0.717, 1.165) is 0 Å². The summed E-state index contributed by atoms with van der Waals surface area (Å²) < 4.78 is 108. The Morgan fingerprint density at radius 3 is 1.38 bits per heavy atom. The number of alkyl halides is 9. The van der Waals surface area contributed by atoms with Gasteiger partial charge in [0.15, 0.2) is 0 Å². The molecule has 0 N–H and O–H groups in total. The minimum absolute atomic E-state index is 0.681. The summed E-state index contributed by atoms with van der Waals surface area (Å²) in [6.45, 7) is 2.23. The second kappa shape index (κ2) is 3.85. The standard InChI is InChI=1S/C7H5F9/c1-2-4(8,9)5(10,11)3-6(12,13)7(14,15)16/h2H,1,3H2. The number of hydrogen-bond acceptors (Lipinski definition) is 0. The van der Waals surface area contributed by atoms with Crippen LogP contribution in [0.25, 0.3) is 0 Å². The van der Waals surface area contributed by atoms with Gasteiger partial charge in [-0.25, -0.2) is 0 Å². The largest absolute Gasteiger partial charge is 0.453 e. The van der Waals surface area contributed by atoms with E-state index < -0.39 is 36.4 Å². The first-order chi connectivity index (χ1) is 6.77. The quantitative estimate of drug-likeness (QED) is 0.528. The van der Waals surface area contributed by atoms with Gasteiger partial charge in [0.2, 0.25) is 0 Å². The Morgan fingerprint density at radius 2 is 1.12 bits per heavy atom. The average molecular weight is 260 g/mol. The molecule has 0 saturated carbocycles. The molecule has 0 rings (SSSR count). The minimum atomic E-state index is -6.31. The number of halogens is 9. The first kappa shape index (κ1) is 15.1. The van der Waals surface area contributed by atoms with Gasteiger partial charge in [-0.2, -0.15) is 39.5 Å². The monoisotopic (exact) mass is 260 g/mol. The third-order valence-electron chi connectivity index (χ3n) is 1.60. The Hall–Kier alpha value is -0.890. The van der Waals surface area contributed by atoms with Gasteiger partial charge in [0.25, 0.3) is 0 Å². The minimum Gasteiger partial charge on any atom is -0.199 e. The van der Waals surface area contributed by atoms with Gasteiger partial charge < -0.3 is 0 Å². The summed E-state index contributed by atoms with van der Waals surface area (Å²) in [4.78, 5) is 0. The van der Waals surface area contributed by atoms with Crippen molar-refractivity contribution in [3.8, 4) is 0 Å². The molecular formula is C7H5F9. The molecule has 0 spiro atoms. The first-order valence-electron chi connectivity index (χ1n) is 3.60. The van der Waals surface area contributed by atoms with E-state index in [2.05, 4.69) is 6.58 Å². The topological polar surface area (TPSA) is 0 Å². The molecule has 0 atom stereocenters. The van der Waals surface area contributed by atoms with Crippen LogP contribution in [0.2, 0.25) is 0 Å². The molecule has 0 aliphatic heterocycles. The number of hydrogen-bond donors (Lipinski definition) is 0. The van der Waals surface area contributed by atoms with Crippen LogP contribution in [-0.4, -0.2) is 23.9 Å². The van der Waals surface area contributed by atoms with Gasteiger partial charge >= 0.3 is 23.9 Å². The van der Waals surface area contributed by atoms with Crippen molar-refractivity contribution >= 4 is 0 Å². The second-order valence-corrected chi connectivity index (χ2v) is 2.91. The average Bonchev–Trinajstić information content (AvgIpc) is 1.99. The highest BCUT2D eigenvalue weighted by atomic mass is 19.4. The van der Waals surface area contributed by atoms with Crippen LogP contribution >= 0.6 is 0 Å². The summed E-state index contributed by atoms with van der Waals surface area (Å²) in [7, 11) is 0. The zero-order valence-corrected chi connectivity index (χ0v) is 7.39. The Balaban J connectivity index is 5.06. The van der Waals surface area contributed by atoms with Crippen LogP contribution in [0, 0.1) is 0 Å². The maximum Gasteiger partial charge on any atom is 0.453 e. The molecule has 0 aromatic rings. The maximum atomic E-state index is 12.4. The highest BCUT2D eigenvalue weighted by Gasteiger charge is 2.67. The fraction of sp³-hybridized carbons (Fsp3) is 0.714. The Morgan fingerprint density at radius 1 is 0.750 bits per heavy atom. The lowest BCUT2D eigenvalue weighted by molar-refractivity contribution is -0.315. The molecule has 0 nitrogen and oxygen atoms in total. The van der Waals surface area contributed by atoms with Gasteiger partial charge in [0.05, 0.1) is 6.42 Å². The molecule has 16 heavy (non-hydrogen) atoms. The van der Waals surface area contributed by atoms with Crippen molar-refractivity contribution in [2.45, 2.75) is 30.4 Å². The van der Waals surface area contributed by atoms with Gasteiger partial charge in [-0.05, 0) is 6.08 Å². The summed E-state index contributed by atoms with van der Waals surface area (Å²) in [6.07, 6.45) is -10.3. The SMILES string of the molecule is C=CC(F)(F)C(F)(F)CC(F)(F)C(F)(F)F. The molecule has 96 valence electrons. The van der Waals surface area contributed by atoms with Crippen LogP contribution in [0.15, 0.2) is 12.7 Å². The van der Waals surface area contributed by atoms with Crippen molar-refractivity contribution in [2.75, 3.05) is 0 Å². The molecule has 0 fully saturated rings. The molecule has 9 heteroatoms. The molecule has 0 aromatic carbocycles. The Labute approximate surface area is 83.7 Å². The highest BCUT2D eigenvalue weighted by molar-refractivity contribution is 5.01. The molecule has 0 aromatic heterocycles. The van der Waals surface area contributed by atoms with Crippen molar-refractivity contribution in [3.05, 3.63) is 12.7 Å². The van der Waals surface area contributed by atoms with E-state index in [9.17, 15) is 39.5 Å². The zero-order chi connectivity index (χ0) is 13.4. The van der Waals surface area contributed by atoms with E-state index in [4.69, 9.17) is 0 Å². The van der Waals surface area contributed by atoms with Crippen LogP contribution in [0.1, 0.15) is 6.42 Å². The fourth-order valence-corrected chi connectivity index (χ4v) is 0.646. The third-order valence-corrected chi connectivity index (χ3v) is 1.60. The maximum absolute atomic E-state index is 12.4. The first-order valence-corrected chi connectivity index (χ1v) is 3.60. The van der Waals surface area contributed by atoms with Gasteiger partial charge in [-0.15, -0.1) is 0 Å². The molecular weight excluding hydrogens is 255 g/mol. The molecule has 0 aliphatic carbocycles. The summed E-state index contributed by atoms with van der Waals surface area (Å²) in [5.41, 5.74) is 0. The van der Waals surface area contributed by atoms with E-state index in [-0.39, 0.29) is 0 Å². The second-order valence-electron chi connectivity index (χ2n) is 2.91. The molecule has 0 saturated heterocycles. The van der Waals surface area contributed by atoms with Gasteiger partial charge in [-0.3, -0.25) is 0 Å². The molecule has 0 unspecified atom stereocenters.